The highest BCUT2D eigenvalue weighted by molar-refractivity contribution is 5.92. The van der Waals surface area contributed by atoms with E-state index in [9.17, 15) is 14.4 Å². The number of pyridine rings is 1. The summed E-state index contributed by atoms with van der Waals surface area (Å²) in [4.78, 5) is 39.0. The van der Waals surface area contributed by atoms with Gasteiger partial charge in [-0.1, -0.05) is 0 Å². The average Bonchev–Trinajstić information content (AvgIpc) is 2.85. The molecule has 0 aliphatic carbocycles. The highest BCUT2D eigenvalue weighted by Crippen LogP contribution is 2.14. The number of nitrogens with zero attached hydrogens (tertiary/aromatic N) is 2. The number of amides is 2. The van der Waals surface area contributed by atoms with Gasteiger partial charge >= 0.3 is 5.76 Å². The molecule has 0 unspecified atom stereocenters. The van der Waals surface area contributed by atoms with Crippen LogP contribution in [-0.4, -0.2) is 21.4 Å². The summed E-state index contributed by atoms with van der Waals surface area (Å²) in [5.74, 6) is -1.21. The molecule has 8 heteroatoms. The van der Waals surface area contributed by atoms with Crippen LogP contribution in [0, 0.1) is 0 Å². The lowest BCUT2D eigenvalue weighted by Gasteiger charge is -2.07. The number of benzene rings is 1. The fourth-order valence-corrected chi connectivity index (χ4v) is 2.22. The van der Waals surface area contributed by atoms with E-state index in [-0.39, 0.29) is 12.5 Å². The van der Waals surface area contributed by atoms with E-state index in [0.29, 0.717) is 22.6 Å². The number of fused-ring (bicyclic) bond motifs is 1. The molecular weight excluding hydrogens is 312 g/mol. The molecular formula is C16H14N4O4. The van der Waals surface area contributed by atoms with Crippen LogP contribution in [0.5, 0.6) is 0 Å². The summed E-state index contributed by atoms with van der Waals surface area (Å²) in [6.45, 7) is 1.20. The van der Waals surface area contributed by atoms with E-state index in [1.165, 1.54) is 13.1 Å². The van der Waals surface area contributed by atoms with Crippen molar-refractivity contribution in [2.75, 3.05) is 10.6 Å². The number of hydrogen-bond acceptors (Lipinski definition) is 5. The van der Waals surface area contributed by atoms with Gasteiger partial charge in [-0.05, 0) is 36.4 Å². The van der Waals surface area contributed by atoms with Crippen LogP contribution in [-0.2, 0) is 16.1 Å². The maximum atomic E-state index is 12.1. The molecule has 0 bridgehead atoms. The van der Waals surface area contributed by atoms with Crippen LogP contribution in [0.2, 0.25) is 0 Å². The SMILES string of the molecule is CC(=O)Nc1ccc(NC(=O)Cn2c(=O)oc3cccnc32)cc1. The van der Waals surface area contributed by atoms with Gasteiger partial charge in [0.05, 0.1) is 0 Å². The van der Waals surface area contributed by atoms with Crippen molar-refractivity contribution >= 4 is 34.4 Å². The number of anilines is 2. The Bertz CT molecular complexity index is 956. The van der Waals surface area contributed by atoms with Crippen molar-refractivity contribution in [3.8, 4) is 0 Å². The molecule has 2 aromatic heterocycles. The molecule has 0 atom stereocenters. The highest BCUT2D eigenvalue weighted by Gasteiger charge is 2.13. The number of aromatic nitrogens is 2. The van der Waals surface area contributed by atoms with Gasteiger partial charge in [-0.15, -0.1) is 0 Å². The Morgan fingerprint density at radius 1 is 1.12 bits per heavy atom. The van der Waals surface area contributed by atoms with E-state index in [4.69, 9.17) is 4.42 Å². The molecule has 24 heavy (non-hydrogen) atoms. The number of nitrogens with one attached hydrogen (secondary N) is 2. The minimum absolute atomic E-state index is 0.175. The molecule has 0 aliphatic rings. The lowest BCUT2D eigenvalue weighted by atomic mass is 10.2. The van der Waals surface area contributed by atoms with Gasteiger partial charge in [0.25, 0.3) is 0 Å². The zero-order valence-corrected chi connectivity index (χ0v) is 12.8. The van der Waals surface area contributed by atoms with Crippen LogP contribution in [0.1, 0.15) is 6.92 Å². The van der Waals surface area contributed by atoms with Crippen LogP contribution >= 0.6 is 0 Å². The minimum atomic E-state index is -0.639. The van der Waals surface area contributed by atoms with Crippen molar-refractivity contribution in [3.63, 3.8) is 0 Å². The fraction of sp³-hybridized carbons (Fsp3) is 0.125. The fourth-order valence-electron chi connectivity index (χ4n) is 2.22. The van der Waals surface area contributed by atoms with Gasteiger partial charge < -0.3 is 15.1 Å². The van der Waals surface area contributed by atoms with E-state index in [2.05, 4.69) is 15.6 Å². The standard InChI is InChI=1S/C16H14N4O4/c1-10(21)18-11-4-6-12(7-5-11)19-14(22)9-20-15-13(24-16(20)23)3-2-8-17-15/h2-8H,9H2,1H3,(H,18,21)(H,19,22). The Hall–Kier alpha value is -3.42. The summed E-state index contributed by atoms with van der Waals surface area (Å²) in [6, 6.07) is 9.89. The molecule has 0 spiro atoms. The van der Waals surface area contributed by atoms with Crippen molar-refractivity contribution in [3.05, 3.63) is 53.1 Å². The maximum absolute atomic E-state index is 12.1. The van der Waals surface area contributed by atoms with Crippen LogP contribution in [0.4, 0.5) is 11.4 Å². The Morgan fingerprint density at radius 3 is 2.46 bits per heavy atom. The monoisotopic (exact) mass is 326 g/mol. The van der Waals surface area contributed by atoms with Gasteiger partial charge in [0.15, 0.2) is 11.2 Å². The molecule has 0 fully saturated rings. The smallest absolute Gasteiger partial charge is 0.406 e. The molecule has 0 saturated carbocycles. The summed E-state index contributed by atoms with van der Waals surface area (Å²) < 4.78 is 6.19. The van der Waals surface area contributed by atoms with Crippen molar-refractivity contribution in [2.24, 2.45) is 0 Å². The number of carbonyl (C=O) groups excluding carboxylic acids is 2. The third-order valence-corrected chi connectivity index (χ3v) is 3.21. The van der Waals surface area contributed by atoms with Crippen LogP contribution < -0.4 is 16.4 Å². The molecule has 0 saturated heterocycles. The predicted molar refractivity (Wildman–Crippen MR) is 87.6 cm³/mol. The van der Waals surface area contributed by atoms with E-state index < -0.39 is 11.7 Å². The zero-order chi connectivity index (χ0) is 17.1. The Morgan fingerprint density at radius 2 is 1.79 bits per heavy atom. The number of carbonyl (C=O) groups is 2. The number of rotatable bonds is 4. The van der Waals surface area contributed by atoms with Crippen molar-refractivity contribution in [1.82, 2.24) is 9.55 Å². The molecule has 122 valence electrons. The van der Waals surface area contributed by atoms with Crippen molar-refractivity contribution in [1.29, 1.82) is 0 Å². The molecule has 3 rings (SSSR count). The first-order valence-electron chi connectivity index (χ1n) is 7.15. The molecule has 0 radical (unpaired) electrons. The van der Waals surface area contributed by atoms with Gasteiger partial charge in [0, 0.05) is 24.5 Å². The molecule has 0 aliphatic heterocycles. The third kappa shape index (κ3) is 3.32. The first-order chi connectivity index (χ1) is 11.5. The summed E-state index contributed by atoms with van der Waals surface area (Å²) >= 11 is 0. The second-order valence-corrected chi connectivity index (χ2v) is 5.09. The largest absolute Gasteiger partial charge is 0.421 e. The van der Waals surface area contributed by atoms with Crippen molar-refractivity contribution in [2.45, 2.75) is 13.5 Å². The van der Waals surface area contributed by atoms with E-state index >= 15 is 0 Å². The first-order valence-corrected chi connectivity index (χ1v) is 7.15. The first kappa shape index (κ1) is 15.5. The van der Waals surface area contributed by atoms with E-state index in [0.717, 1.165) is 4.57 Å². The molecule has 1 aromatic carbocycles. The molecule has 2 N–H and O–H groups in total. The zero-order valence-electron chi connectivity index (χ0n) is 12.8. The summed E-state index contributed by atoms with van der Waals surface area (Å²) in [6.07, 6.45) is 1.52. The maximum Gasteiger partial charge on any atom is 0.421 e. The lowest BCUT2D eigenvalue weighted by molar-refractivity contribution is -0.117. The van der Waals surface area contributed by atoms with E-state index in [1.54, 1.807) is 36.4 Å². The predicted octanol–water partition coefficient (Wildman–Crippen LogP) is 1.59. The van der Waals surface area contributed by atoms with Gasteiger partial charge in [-0.2, -0.15) is 0 Å². The summed E-state index contributed by atoms with van der Waals surface area (Å²) in [7, 11) is 0. The lowest BCUT2D eigenvalue weighted by Crippen LogP contribution is -2.25. The molecule has 2 heterocycles. The summed E-state index contributed by atoms with van der Waals surface area (Å²) in [5, 5.41) is 5.30. The molecule has 3 aromatic rings. The van der Waals surface area contributed by atoms with Crippen LogP contribution in [0.3, 0.4) is 0 Å². The third-order valence-electron chi connectivity index (χ3n) is 3.21. The second kappa shape index (κ2) is 6.37. The van der Waals surface area contributed by atoms with Gasteiger partial charge in [0.1, 0.15) is 6.54 Å². The van der Waals surface area contributed by atoms with Gasteiger partial charge in [0.2, 0.25) is 11.8 Å². The van der Waals surface area contributed by atoms with E-state index in [1.807, 2.05) is 0 Å². The minimum Gasteiger partial charge on any atom is -0.406 e. The Kier molecular flexibility index (Phi) is 4.11. The van der Waals surface area contributed by atoms with Crippen LogP contribution in [0.15, 0.2) is 51.8 Å². The topological polar surface area (TPSA) is 106 Å². The Labute approximate surface area is 136 Å². The van der Waals surface area contributed by atoms with Gasteiger partial charge in [-0.25, -0.2) is 14.3 Å². The molecule has 2 amide bonds. The Balaban J connectivity index is 1.72. The average molecular weight is 326 g/mol. The summed E-state index contributed by atoms with van der Waals surface area (Å²) in [5.41, 5.74) is 1.82. The second-order valence-electron chi connectivity index (χ2n) is 5.09. The number of oxazole rings is 1. The number of hydrogen-bond donors (Lipinski definition) is 2. The quantitative estimate of drug-likeness (QED) is 0.757. The van der Waals surface area contributed by atoms with Crippen LogP contribution in [0.25, 0.3) is 11.2 Å². The van der Waals surface area contributed by atoms with Crippen molar-refractivity contribution < 1.29 is 14.0 Å². The highest BCUT2D eigenvalue weighted by atomic mass is 16.4. The van der Waals surface area contributed by atoms with Gasteiger partial charge in [-0.3, -0.25) is 9.59 Å². The molecule has 8 nitrogen and oxygen atoms in total. The normalized spacial score (nSPS) is 10.5.